The van der Waals surface area contributed by atoms with Gasteiger partial charge in [-0.25, -0.2) is 0 Å². The van der Waals surface area contributed by atoms with Gasteiger partial charge in [0.1, 0.15) is 12.4 Å². The number of aromatic nitrogens is 1. The van der Waals surface area contributed by atoms with Gasteiger partial charge in [-0.3, -0.25) is 9.69 Å². The third-order valence-electron chi connectivity index (χ3n) is 5.66. The van der Waals surface area contributed by atoms with E-state index in [1.54, 1.807) is 13.2 Å². The monoisotopic (exact) mass is 463 g/mol. The Kier molecular flexibility index (Phi) is 8.87. The van der Waals surface area contributed by atoms with Crippen molar-refractivity contribution < 1.29 is 18.8 Å². The van der Waals surface area contributed by atoms with Gasteiger partial charge in [-0.1, -0.05) is 37.2 Å². The molecule has 7 nitrogen and oxygen atoms in total. The zero-order valence-electron chi connectivity index (χ0n) is 20.6. The highest BCUT2D eigenvalue weighted by atomic mass is 16.5. The summed E-state index contributed by atoms with van der Waals surface area (Å²) in [5, 5.41) is 6.88. The number of nitrogens with zero attached hydrogens (tertiary/aromatic N) is 2. The smallest absolute Gasteiger partial charge is 0.248 e. The van der Waals surface area contributed by atoms with Crippen LogP contribution in [0.4, 0.5) is 5.69 Å². The predicted molar refractivity (Wildman–Crippen MR) is 134 cm³/mol. The first kappa shape index (κ1) is 25.1. The molecular formula is C27H33N3O4. The molecule has 0 radical (unpaired) electrons. The summed E-state index contributed by atoms with van der Waals surface area (Å²) in [4.78, 5) is 14.8. The fourth-order valence-corrected chi connectivity index (χ4v) is 3.57. The van der Waals surface area contributed by atoms with Gasteiger partial charge in [-0.2, -0.15) is 0 Å². The number of hydrogen-bond acceptors (Lipinski definition) is 6. The first-order chi connectivity index (χ1) is 16.4. The Bertz CT molecular complexity index is 1110. The highest BCUT2D eigenvalue weighted by Gasteiger charge is 2.12. The molecule has 0 atom stereocenters. The van der Waals surface area contributed by atoms with Crippen molar-refractivity contribution in [1.82, 2.24) is 10.1 Å². The minimum absolute atomic E-state index is 0.197. The Labute approximate surface area is 201 Å². The summed E-state index contributed by atoms with van der Waals surface area (Å²) in [6, 6.07) is 13.5. The van der Waals surface area contributed by atoms with Crippen LogP contribution in [0, 0.1) is 13.8 Å². The van der Waals surface area contributed by atoms with Crippen LogP contribution in [0.15, 0.2) is 53.1 Å². The van der Waals surface area contributed by atoms with Crippen molar-refractivity contribution in [2.45, 2.75) is 40.8 Å². The Balaban J connectivity index is 1.62. The molecule has 180 valence electrons. The van der Waals surface area contributed by atoms with E-state index in [0.717, 1.165) is 47.9 Å². The van der Waals surface area contributed by atoms with Crippen molar-refractivity contribution in [1.29, 1.82) is 0 Å². The average Bonchev–Trinajstić information content (AvgIpc) is 3.17. The zero-order valence-corrected chi connectivity index (χ0v) is 20.6. The van der Waals surface area contributed by atoms with Gasteiger partial charge < -0.3 is 19.3 Å². The van der Waals surface area contributed by atoms with Gasteiger partial charge in [0.05, 0.1) is 18.4 Å². The van der Waals surface area contributed by atoms with Crippen LogP contribution in [-0.2, 0) is 17.9 Å². The second-order valence-corrected chi connectivity index (χ2v) is 7.99. The SMILES string of the molecule is CCN(CC)Cc1cccc(NC(=O)/C=C/c2ccc(OCc3c(C)noc3C)c(OC)c2)c1. The van der Waals surface area contributed by atoms with E-state index < -0.39 is 0 Å². The minimum Gasteiger partial charge on any atom is -0.493 e. The van der Waals surface area contributed by atoms with Crippen LogP contribution in [0.2, 0.25) is 0 Å². The van der Waals surface area contributed by atoms with Crippen molar-refractivity contribution in [3.05, 3.63) is 76.7 Å². The first-order valence-corrected chi connectivity index (χ1v) is 11.5. The minimum atomic E-state index is -0.197. The van der Waals surface area contributed by atoms with E-state index in [0.29, 0.717) is 18.1 Å². The van der Waals surface area contributed by atoms with E-state index in [9.17, 15) is 4.79 Å². The molecule has 0 aliphatic rings. The van der Waals surface area contributed by atoms with Crippen LogP contribution in [0.25, 0.3) is 6.08 Å². The highest BCUT2D eigenvalue weighted by molar-refractivity contribution is 6.02. The number of ether oxygens (including phenoxy) is 2. The van der Waals surface area contributed by atoms with Crippen LogP contribution in [0.5, 0.6) is 11.5 Å². The Morgan fingerprint density at radius 3 is 2.59 bits per heavy atom. The van der Waals surface area contributed by atoms with Crippen molar-refractivity contribution >= 4 is 17.7 Å². The molecule has 0 spiro atoms. The maximum absolute atomic E-state index is 12.5. The van der Waals surface area contributed by atoms with Crippen LogP contribution in [-0.4, -0.2) is 36.2 Å². The molecule has 34 heavy (non-hydrogen) atoms. The summed E-state index contributed by atoms with van der Waals surface area (Å²) in [5.41, 5.74) is 4.50. The predicted octanol–water partition coefficient (Wildman–Crippen LogP) is 5.37. The molecule has 3 aromatic rings. The number of aryl methyl sites for hydroxylation is 2. The Morgan fingerprint density at radius 1 is 1.12 bits per heavy atom. The fraction of sp³-hybridized carbons (Fsp3) is 0.333. The molecule has 0 unspecified atom stereocenters. The van der Waals surface area contributed by atoms with Crippen LogP contribution in [0.1, 0.15) is 42.0 Å². The van der Waals surface area contributed by atoms with Gasteiger partial charge in [-0.15, -0.1) is 0 Å². The summed E-state index contributed by atoms with van der Waals surface area (Å²) in [5.74, 6) is 1.73. The molecule has 0 saturated heterocycles. The van der Waals surface area contributed by atoms with Gasteiger partial charge in [-0.05, 0) is 68.4 Å². The molecule has 0 saturated carbocycles. The third kappa shape index (κ3) is 6.71. The average molecular weight is 464 g/mol. The van der Waals surface area contributed by atoms with Crippen LogP contribution < -0.4 is 14.8 Å². The number of rotatable bonds is 11. The summed E-state index contributed by atoms with van der Waals surface area (Å²) >= 11 is 0. The quantitative estimate of drug-likeness (QED) is 0.385. The Hall–Kier alpha value is -3.58. The summed E-state index contributed by atoms with van der Waals surface area (Å²) in [7, 11) is 1.59. The highest BCUT2D eigenvalue weighted by Crippen LogP contribution is 2.30. The number of anilines is 1. The summed E-state index contributed by atoms with van der Waals surface area (Å²) < 4.78 is 16.6. The Morgan fingerprint density at radius 2 is 1.91 bits per heavy atom. The number of benzene rings is 2. The molecule has 0 aliphatic carbocycles. The van der Waals surface area contributed by atoms with Crippen molar-refractivity contribution in [3.8, 4) is 11.5 Å². The molecule has 0 aliphatic heterocycles. The van der Waals surface area contributed by atoms with E-state index in [1.807, 2.05) is 50.2 Å². The fourth-order valence-electron chi connectivity index (χ4n) is 3.57. The van der Waals surface area contributed by atoms with Crippen LogP contribution >= 0.6 is 0 Å². The molecule has 2 aromatic carbocycles. The lowest BCUT2D eigenvalue weighted by atomic mass is 10.1. The second-order valence-electron chi connectivity index (χ2n) is 7.99. The molecule has 0 fully saturated rings. The summed E-state index contributed by atoms with van der Waals surface area (Å²) in [6.45, 7) is 11.2. The van der Waals surface area contributed by atoms with Gasteiger partial charge in [0.25, 0.3) is 0 Å². The van der Waals surface area contributed by atoms with E-state index in [-0.39, 0.29) is 5.91 Å². The maximum atomic E-state index is 12.5. The molecular weight excluding hydrogens is 430 g/mol. The molecule has 0 bridgehead atoms. The molecule has 1 heterocycles. The molecule has 1 N–H and O–H groups in total. The molecule has 3 rings (SSSR count). The van der Waals surface area contributed by atoms with E-state index in [1.165, 1.54) is 11.6 Å². The standard InChI is InChI=1S/C27H33N3O4/c1-6-30(7-2)17-22-9-8-10-23(15-22)28-27(31)14-12-21-11-13-25(26(16-21)32-5)33-18-24-19(3)29-34-20(24)4/h8-16H,6-7,17-18H2,1-5H3,(H,28,31)/b14-12+. The molecule has 7 heteroatoms. The van der Waals surface area contributed by atoms with Crippen molar-refractivity contribution in [2.24, 2.45) is 0 Å². The lowest BCUT2D eigenvalue weighted by molar-refractivity contribution is -0.111. The van der Waals surface area contributed by atoms with E-state index in [4.69, 9.17) is 14.0 Å². The third-order valence-corrected chi connectivity index (χ3v) is 5.66. The van der Waals surface area contributed by atoms with E-state index in [2.05, 4.69) is 35.3 Å². The maximum Gasteiger partial charge on any atom is 0.248 e. The summed E-state index contributed by atoms with van der Waals surface area (Å²) in [6.07, 6.45) is 3.26. The normalized spacial score (nSPS) is 11.2. The molecule has 1 aromatic heterocycles. The van der Waals surface area contributed by atoms with Crippen molar-refractivity contribution in [2.75, 3.05) is 25.5 Å². The lowest BCUT2D eigenvalue weighted by Gasteiger charge is -2.18. The van der Waals surface area contributed by atoms with E-state index >= 15 is 0 Å². The van der Waals surface area contributed by atoms with Gasteiger partial charge in [0.2, 0.25) is 5.91 Å². The van der Waals surface area contributed by atoms with Crippen LogP contribution in [0.3, 0.4) is 0 Å². The number of hydrogen-bond donors (Lipinski definition) is 1. The number of amides is 1. The first-order valence-electron chi connectivity index (χ1n) is 11.5. The largest absolute Gasteiger partial charge is 0.493 e. The van der Waals surface area contributed by atoms with Crippen molar-refractivity contribution in [3.63, 3.8) is 0 Å². The zero-order chi connectivity index (χ0) is 24.5. The number of carbonyl (C=O) groups excluding carboxylic acids is 1. The number of methoxy groups -OCH3 is 1. The lowest BCUT2D eigenvalue weighted by Crippen LogP contribution is -2.22. The van der Waals surface area contributed by atoms with Gasteiger partial charge >= 0.3 is 0 Å². The number of carbonyl (C=O) groups is 1. The number of nitrogens with one attached hydrogen (secondary N) is 1. The molecule has 1 amide bonds. The topological polar surface area (TPSA) is 76.8 Å². The van der Waals surface area contributed by atoms with Gasteiger partial charge in [0.15, 0.2) is 11.5 Å². The second kappa shape index (κ2) is 12.0. The van der Waals surface area contributed by atoms with Gasteiger partial charge in [0, 0.05) is 18.3 Å².